The summed E-state index contributed by atoms with van der Waals surface area (Å²) in [4.78, 5) is 9.01. The first-order chi connectivity index (χ1) is 19.3. The van der Waals surface area contributed by atoms with E-state index in [1.807, 2.05) is 35.2 Å². The number of hydrogen-bond acceptors (Lipinski definition) is 4. The maximum Gasteiger partial charge on any atom is 0.174 e. The van der Waals surface area contributed by atoms with Crippen molar-refractivity contribution in [3.05, 3.63) is 99.7 Å². The highest BCUT2D eigenvalue weighted by molar-refractivity contribution is 9.10. The molecule has 0 bridgehead atoms. The fourth-order valence-corrected chi connectivity index (χ4v) is 7.00. The summed E-state index contributed by atoms with van der Waals surface area (Å²) in [7, 11) is 0. The van der Waals surface area contributed by atoms with Crippen LogP contribution in [0, 0.1) is 17.7 Å². The van der Waals surface area contributed by atoms with Crippen LogP contribution in [-0.4, -0.2) is 23.2 Å². The Kier molecular flexibility index (Phi) is 7.59. The molecule has 4 heterocycles. The minimum absolute atomic E-state index is 0.287. The number of benzene rings is 2. The molecule has 4 aromatic rings. The van der Waals surface area contributed by atoms with Crippen LogP contribution in [0.25, 0.3) is 11.3 Å². The van der Waals surface area contributed by atoms with Crippen molar-refractivity contribution >= 4 is 56.2 Å². The molecule has 4 atom stereocenters. The Labute approximate surface area is 252 Å². The molecule has 0 spiro atoms. The summed E-state index contributed by atoms with van der Waals surface area (Å²) in [5.74, 6) is 1.94. The van der Waals surface area contributed by atoms with Crippen LogP contribution in [-0.2, 0) is 0 Å². The number of nitrogens with one attached hydrogen (secondary N) is 1. The molecular formula is C31H29BrClFN4OS. The van der Waals surface area contributed by atoms with Gasteiger partial charge >= 0.3 is 0 Å². The lowest BCUT2D eigenvalue weighted by atomic mass is 9.91. The van der Waals surface area contributed by atoms with E-state index in [1.165, 1.54) is 12.5 Å². The fourth-order valence-electron chi connectivity index (χ4n) is 6.03. The molecule has 9 heteroatoms. The van der Waals surface area contributed by atoms with Crippen LogP contribution >= 0.6 is 39.7 Å². The number of halogens is 3. The maximum atomic E-state index is 14.8. The molecule has 1 N–H and O–H groups in total. The Balaban J connectivity index is 1.39. The van der Waals surface area contributed by atoms with E-state index >= 15 is 0 Å². The van der Waals surface area contributed by atoms with E-state index < -0.39 is 0 Å². The minimum Gasteiger partial charge on any atom is -0.459 e. The highest BCUT2D eigenvalue weighted by Crippen LogP contribution is 2.45. The summed E-state index contributed by atoms with van der Waals surface area (Å²) in [6, 6.07) is 19.9. The third kappa shape index (κ3) is 5.24. The average molecular weight is 640 g/mol. The normalized spacial score (nSPS) is 23.0. The van der Waals surface area contributed by atoms with Gasteiger partial charge in [0.1, 0.15) is 23.4 Å². The smallest absolute Gasteiger partial charge is 0.174 e. The van der Waals surface area contributed by atoms with Crippen molar-refractivity contribution in [3.8, 4) is 11.3 Å². The van der Waals surface area contributed by atoms with Crippen molar-refractivity contribution in [3.63, 3.8) is 0 Å². The van der Waals surface area contributed by atoms with E-state index in [0.29, 0.717) is 43.5 Å². The second-order valence-corrected chi connectivity index (χ2v) is 12.5. The van der Waals surface area contributed by atoms with Gasteiger partial charge in [-0.2, -0.15) is 0 Å². The van der Waals surface area contributed by atoms with Crippen LogP contribution in [0.4, 0.5) is 15.8 Å². The summed E-state index contributed by atoms with van der Waals surface area (Å²) < 4.78 is 21.8. The summed E-state index contributed by atoms with van der Waals surface area (Å²) in [5, 5.41) is 4.66. The van der Waals surface area contributed by atoms with Gasteiger partial charge < -0.3 is 19.5 Å². The summed E-state index contributed by atoms with van der Waals surface area (Å²) in [6.07, 6.45) is 2.99. The first kappa shape index (κ1) is 27.2. The molecular weight excluding hydrogens is 611 g/mol. The lowest BCUT2D eigenvalue weighted by molar-refractivity contribution is 0.357. The number of hydrogen-bond donors (Lipinski definition) is 1. The van der Waals surface area contributed by atoms with Gasteiger partial charge in [-0.1, -0.05) is 47.4 Å². The minimum atomic E-state index is -0.369. The van der Waals surface area contributed by atoms with Crippen LogP contribution in [0.2, 0.25) is 5.02 Å². The number of furan rings is 1. The van der Waals surface area contributed by atoms with Crippen LogP contribution in [0.15, 0.2) is 81.8 Å². The van der Waals surface area contributed by atoms with Gasteiger partial charge in [-0.25, -0.2) is 4.39 Å². The molecule has 2 saturated heterocycles. The molecule has 0 unspecified atom stereocenters. The van der Waals surface area contributed by atoms with Gasteiger partial charge in [-0.3, -0.25) is 4.98 Å². The van der Waals surface area contributed by atoms with Gasteiger partial charge in [-0.05, 0) is 91.1 Å². The predicted octanol–water partition coefficient (Wildman–Crippen LogP) is 8.56. The van der Waals surface area contributed by atoms with E-state index in [4.69, 9.17) is 28.2 Å². The molecule has 0 saturated carbocycles. The van der Waals surface area contributed by atoms with Crippen molar-refractivity contribution in [2.24, 2.45) is 11.8 Å². The number of nitrogens with zero attached hydrogens (tertiary/aromatic N) is 3. The summed E-state index contributed by atoms with van der Waals surface area (Å²) >= 11 is 16.1. The van der Waals surface area contributed by atoms with Gasteiger partial charge in [0, 0.05) is 29.4 Å². The molecule has 0 aliphatic carbocycles. The van der Waals surface area contributed by atoms with Crippen molar-refractivity contribution in [2.75, 3.05) is 22.9 Å². The van der Waals surface area contributed by atoms with Crippen molar-refractivity contribution < 1.29 is 8.81 Å². The Bertz CT molecular complexity index is 1540. The molecule has 0 amide bonds. The molecule has 40 heavy (non-hydrogen) atoms. The quantitative estimate of drug-likeness (QED) is 0.221. The van der Waals surface area contributed by atoms with Gasteiger partial charge in [0.25, 0.3) is 0 Å². The van der Waals surface area contributed by atoms with Crippen LogP contribution in [0.5, 0.6) is 0 Å². The predicted molar refractivity (Wildman–Crippen MR) is 166 cm³/mol. The first-order valence-corrected chi connectivity index (χ1v) is 15.0. The first-order valence-electron chi connectivity index (χ1n) is 13.4. The highest BCUT2D eigenvalue weighted by atomic mass is 79.9. The van der Waals surface area contributed by atoms with Gasteiger partial charge in [0.05, 0.1) is 28.0 Å². The van der Waals surface area contributed by atoms with Crippen molar-refractivity contribution in [1.29, 1.82) is 0 Å². The lowest BCUT2D eigenvalue weighted by Crippen LogP contribution is -2.38. The molecule has 0 radical (unpaired) electrons. The van der Waals surface area contributed by atoms with E-state index in [2.05, 4.69) is 57.1 Å². The van der Waals surface area contributed by atoms with E-state index in [-0.39, 0.29) is 17.9 Å². The third-order valence-corrected chi connectivity index (χ3v) is 8.74. The molecule has 2 aromatic heterocycles. The fraction of sp³-hybridized carbons (Fsp3) is 0.290. The maximum absolute atomic E-state index is 14.8. The number of rotatable bonds is 5. The Morgan fingerprint density at radius 3 is 2.55 bits per heavy atom. The van der Waals surface area contributed by atoms with E-state index in [1.54, 1.807) is 24.4 Å². The standard InChI is InChI=1S/C31H29BrClFN4OS/c1-18-13-19(2)17-37(16-18)26-9-7-21(15-23(26)33)38-30(29(36-31(38)40)25-5-3-4-12-35-25)28-11-10-27(39-28)22-8-6-20(32)14-24(22)34/h3-12,14-15,18-19,29-30H,13,16-17H2,1-2H3,(H,36,40)/t18-,19+,29-,30-/m1/s1. The van der Waals surface area contributed by atoms with Crippen LogP contribution < -0.4 is 15.1 Å². The largest absolute Gasteiger partial charge is 0.459 e. The zero-order valence-electron chi connectivity index (χ0n) is 22.2. The average Bonchev–Trinajstić information content (AvgIpc) is 3.53. The summed E-state index contributed by atoms with van der Waals surface area (Å²) in [5.41, 5.74) is 3.09. The second-order valence-electron chi connectivity index (χ2n) is 10.8. The number of piperidine rings is 1. The number of aromatic nitrogens is 1. The molecule has 206 valence electrons. The van der Waals surface area contributed by atoms with E-state index in [9.17, 15) is 4.39 Å². The lowest BCUT2D eigenvalue weighted by Gasteiger charge is -2.37. The molecule has 2 fully saturated rings. The SMILES string of the molecule is C[C@@H]1C[C@H](C)CN(c2ccc(N3C(=S)N[C@H](c4ccccn4)[C@H]3c3ccc(-c4ccc(Br)cc4F)o3)cc2Cl)C1. The molecule has 2 aliphatic heterocycles. The Morgan fingerprint density at radius 1 is 1.05 bits per heavy atom. The molecule has 2 aromatic carbocycles. The Hall–Kier alpha value is -2.94. The monoisotopic (exact) mass is 638 g/mol. The number of anilines is 2. The second kappa shape index (κ2) is 11.1. The van der Waals surface area contributed by atoms with E-state index in [0.717, 1.165) is 30.2 Å². The van der Waals surface area contributed by atoms with Crippen LogP contribution in [0.1, 0.15) is 43.8 Å². The molecule has 2 aliphatic rings. The number of thiocarbonyl (C=S) groups is 1. The van der Waals surface area contributed by atoms with Gasteiger partial charge in [0.15, 0.2) is 5.11 Å². The zero-order chi connectivity index (χ0) is 28.0. The molecule has 6 rings (SSSR count). The van der Waals surface area contributed by atoms with Crippen LogP contribution in [0.3, 0.4) is 0 Å². The van der Waals surface area contributed by atoms with Crippen molar-refractivity contribution in [2.45, 2.75) is 32.4 Å². The van der Waals surface area contributed by atoms with Gasteiger partial charge in [0.2, 0.25) is 0 Å². The topological polar surface area (TPSA) is 44.5 Å². The zero-order valence-corrected chi connectivity index (χ0v) is 25.3. The Morgan fingerprint density at radius 2 is 1.85 bits per heavy atom. The summed E-state index contributed by atoms with van der Waals surface area (Å²) in [6.45, 7) is 6.55. The molecule has 5 nitrogen and oxygen atoms in total. The highest BCUT2D eigenvalue weighted by Gasteiger charge is 2.43. The number of pyridine rings is 1. The van der Waals surface area contributed by atoms with Gasteiger partial charge in [-0.15, -0.1) is 0 Å². The third-order valence-electron chi connectivity index (χ3n) is 7.63. The van der Waals surface area contributed by atoms with Crippen molar-refractivity contribution in [1.82, 2.24) is 10.3 Å².